The molecule has 0 saturated carbocycles. The minimum atomic E-state index is -0.613. The highest BCUT2D eigenvalue weighted by Gasteiger charge is 2.24. The molecule has 0 aliphatic heterocycles. The first kappa shape index (κ1) is 20.7. The largest absolute Gasteiger partial charge is 0.355 e. The maximum absolute atomic E-state index is 12.2. The molecule has 0 bridgehead atoms. The number of aryl methyl sites for hydroxylation is 1. The highest BCUT2D eigenvalue weighted by atomic mass is 16.6. The lowest BCUT2D eigenvalue weighted by molar-refractivity contribution is -0.383. The summed E-state index contributed by atoms with van der Waals surface area (Å²) in [6, 6.07) is 18.4. The van der Waals surface area contributed by atoms with Gasteiger partial charge in [-0.3, -0.25) is 30.7 Å². The van der Waals surface area contributed by atoms with Gasteiger partial charge in [0.15, 0.2) is 0 Å². The first-order chi connectivity index (χ1) is 15.5. The molecule has 0 aliphatic carbocycles. The number of pyridine rings is 1. The van der Waals surface area contributed by atoms with Gasteiger partial charge in [-0.2, -0.15) is 0 Å². The highest BCUT2D eigenvalue weighted by Crippen LogP contribution is 2.32. The van der Waals surface area contributed by atoms with Crippen LogP contribution in [0.3, 0.4) is 0 Å². The second-order valence-corrected chi connectivity index (χ2v) is 6.97. The molecule has 160 valence electrons. The summed E-state index contributed by atoms with van der Waals surface area (Å²) in [6.45, 7) is 1.86. The maximum Gasteiger partial charge on any atom is 0.355 e. The topological polar surface area (TPSA) is 135 Å². The molecule has 10 heteroatoms. The van der Waals surface area contributed by atoms with E-state index in [2.05, 4.69) is 31.1 Å². The van der Waals surface area contributed by atoms with Crippen LogP contribution in [-0.2, 0) is 11.2 Å². The number of nitro groups is 1. The van der Waals surface area contributed by atoms with Crippen molar-refractivity contribution in [2.45, 2.75) is 13.3 Å². The van der Waals surface area contributed by atoms with Crippen molar-refractivity contribution >= 4 is 39.8 Å². The Hall–Kier alpha value is -4.60. The Morgan fingerprint density at radius 2 is 1.78 bits per heavy atom. The molecule has 4 aromatic rings. The number of hydrazine groups is 1. The van der Waals surface area contributed by atoms with Gasteiger partial charge >= 0.3 is 5.69 Å². The third kappa shape index (κ3) is 4.59. The van der Waals surface area contributed by atoms with Gasteiger partial charge in [0.25, 0.3) is 0 Å². The minimum absolute atomic E-state index is 0.0272. The van der Waals surface area contributed by atoms with Gasteiger partial charge in [0.2, 0.25) is 17.5 Å². The van der Waals surface area contributed by atoms with Crippen molar-refractivity contribution in [3.63, 3.8) is 0 Å². The number of benzene rings is 2. The van der Waals surface area contributed by atoms with E-state index in [9.17, 15) is 14.9 Å². The molecule has 2 heterocycles. The van der Waals surface area contributed by atoms with Crippen molar-refractivity contribution in [1.82, 2.24) is 20.4 Å². The van der Waals surface area contributed by atoms with Crippen LogP contribution >= 0.6 is 0 Å². The van der Waals surface area contributed by atoms with E-state index in [0.29, 0.717) is 11.2 Å². The van der Waals surface area contributed by atoms with Crippen molar-refractivity contribution < 1.29 is 9.72 Å². The number of rotatable bonds is 7. The first-order valence-corrected chi connectivity index (χ1v) is 9.73. The molecule has 4 rings (SSSR count). The molecule has 0 saturated heterocycles. The molecule has 1 amide bonds. The van der Waals surface area contributed by atoms with Crippen LogP contribution in [-0.4, -0.2) is 25.8 Å². The predicted octanol–water partition coefficient (Wildman–Crippen LogP) is 3.67. The number of fused-ring (bicyclic) bond motifs is 1. The van der Waals surface area contributed by atoms with Gasteiger partial charge in [-0.25, -0.2) is 9.97 Å². The van der Waals surface area contributed by atoms with Gasteiger partial charge in [-0.1, -0.05) is 48.5 Å². The summed E-state index contributed by atoms with van der Waals surface area (Å²) in [5, 5.41) is 15.7. The maximum atomic E-state index is 12.2. The summed E-state index contributed by atoms with van der Waals surface area (Å²) in [5.41, 5.74) is 7.42. The smallest absolute Gasteiger partial charge is 0.332 e. The van der Waals surface area contributed by atoms with Crippen LogP contribution in [0.5, 0.6) is 0 Å². The summed E-state index contributed by atoms with van der Waals surface area (Å²) < 4.78 is 0. The normalized spacial score (nSPS) is 10.5. The number of anilines is 3. The number of aromatic nitrogens is 3. The Morgan fingerprint density at radius 1 is 1.00 bits per heavy atom. The molecule has 0 unspecified atom stereocenters. The van der Waals surface area contributed by atoms with Crippen LogP contribution in [0.15, 0.2) is 67.0 Å². The Balaban J connectivity index is 1.58. The fourth-order valence-electron chi connectivity index (χ4n) is 3.16. The Kier molecular flexibility index (Phi) is 5.84. The van der Waals surface area contributed by atoms with Crippen LogP contribution in [0.1, 0.15) is 11.3 Å². The van der Waals surface area contributed by atoms with Crippen molar-refractivity contribution in [1.29, 1.82) is 0 Å². The molecule has 0 atom stereocenters. The molecule has 3 N–H and O–H groups in total. The van der Waals surface area contributed by atoms with Crippen LogP contribution in [0.2, 0.25) is 0 Å². The number of hydrogen-bond acceptors (Lipinski definition) is 8. The Bertz CT molecular complexity index is 1300. The molecular weight excluding hydrogens is 410 g/mol. The van der Waals surface area contributed by atoms with Crippen LogP contribution in [0.4, 0.5) is 23.0 Å². The summed E-state index contributed by atoms with van der Waals surface area (Å²) >= 11 is 0. The zero-order valence-corrected chi connectivity index (χ0v) is 17.1. The monoisotopic (exact) mass is 429 g/mol. The van der Waals surface area contributed by atoms with Crippen molar-refractivity contribution in [2.75, 3.05) is 10.7 Å². The van der Waals surface area contributed by atoms with Crippen LogP contribution < -0.4 is 16.2 Å². The van der Waals surface area contributed by atoms with Gasteiger partial charge in [0.1, 0.15) is 6.33 Å². The van der Waals surface area contributed by atoms with Crippen LogP contribution in [0, 0.1) is 17.0 Å². The SMILES string of the molecule is Cc1ccc2cccc(Nc3ncnc(NNC(=O)Cc4ccccc4)c3[N+](=O)[O-])c2n1. The Morgan fingerprint density at radius 3 is 2.56 bits per heavy atom. The zero-order valence-electron chi connectivity index (χ0n) is 17.1. The molecule has 0 aliphatic rings. The predicted molar refractivity (Wildman–Crippen MR) is 120 cm³/mol. The van der Waals surface area contributed by atoms with E-state index in [1.807, 2.05) is 61.5 Å². The summed E-state index contributed by atoms with van der Waals surface area (Å²) in [5.74, 6) is -0.536. The van der Waals surface area contributed by atoms with E-state index in [1.165, 1.54) is 6.33 Å². The van der Waals surface area contributed by atoms with Crippen molar-refractivity contribution in [3.05, 3.63) is 88.4 Å². The van der Waals surface area contributed by atoms with E-state index in [-0.39, 0.29) is 24.0 Å². The second-order valence-electron chi connectivity index (χ2n) is 6.97. The van der Waals surface area contributed by atoms with Gasteiger partial charge in [-0.15, -0.1) is 0 Å². The third-order valence-corrected chi connectivity index (χ3v) is 4.65. The molecule has 10 nitrogen and oxygen atoms in total. The fourth-order valence-corrected chi connectivity index (χ4v) is 3.16. The zero-order chi connectivity index (χ0) is 22.5. The third-order valence-electron chi connectivity index (χ3n) is 4.65. The van der Waals surface area contributed by atoms with Gasteiger partial charge in [-0.05, 0) is 24.6 Å². The first-order valence-electron chi connectivity index (χ1n) is 9.73. The summed E-state index contributed by atoms with van der Waals surface area (Å²) in [4.78, 5) is 35.9. The summed E-state index contributed by atoms with van der Waals surface area (Å²) in [7, 11) is 0. The molecule has 2 aromatic carbocycles. The van der Waals surface area contributed by atoms with Crippen LogP contribution in [0.25, 0.3) is 10.9 Å². The van der Waals surface area contributed by atoms with Crippen molar-refractivity contribution in [3.8, 4) is 0 Å². The van der Waals surface area contributed by atoms with E-state index >= 15 is 0 Å². The van der Waals surface area contributed by atoms with E-state index in [0.717, 1.165) is 16.6 Å². The average Bonchev–Trinajstić information content (AvgIpc) is 2.78. The van der Waals surface area contributed by atoms with E-state index < -0.39 is 10.6 Å². The van der Waals surface area contributed by atoms with Gasteiger partial charge in [0, 0.05) is 11.1 Å². The van der Waals surface area contributed by atoms with Crippen molar-refractivity contribution in [2.24, 2.45) is 0 Å². The lowest BCUT2D eigenvalue weighted by Crippen LogP contribution is -2.31. The number of nitrogens with zero attached hydrogens (tertiary/aromatic N) is 4. The number of nitrogens with one attached hydrogen (secondary N) is 3. The highest BCUT2D eigenvalue weighted by molar-refractivity contribution is 5.93. The second kappa shape index (κ2) is 9.04. The molecule has 0 radical (unpaired) electrons. The lowest BCUT2D eigenvalue weighted by atomic mass is 10.1. The molecule has 32 heavy (non-hydrogen) atoms. The average molecular weight is 429 g/mol. The quantitative estimate of drug-likeness (QED) is 0.299. The van der Waals surface area contributed by atoms with Gasteiger partial charge < -0.3 is 5.32 Å². The van der Waals surface area contributed by atoms with E-state index in [1.54, 1.807) is 6.07 Å². The molecular formula is C22H19N7O3. The standard InChI is InChI=1S/C22H19N7O3/c1-14-10-11-16-8-5-9-17(19(16)25-14)26-21-20(29(31)32)22(24-13-23-21)28-27-18(30)12-15-6-3-2-4-7-15/h2-11,13H,12H2,1H3,(H,27,30)(H2,23,24,26,28). The molecule has 2 aromatic heterocycles. The lowest BCUT2D eigenvalue weighted by Gasteiger charge is -2.12. The number of carbonyl (C=O) groups excluding carboxylic acids is 1. The summed E-state index contributed by atoms with van der Waals surface area (Å²) in [6.07, 6.45) is 1.28. The molecule has 0 fully saturated rings. The number of amides is 1. The number of hydrogen-bond donors (Lipinski definition) is 3. The van der Waals surface area contributed by atoms with E-state index in [4.69, 9.17) is 0 Å². The van der Waals surface area contributed by atoms with Gasteiger partial charge in [0.05, 0.1) is 22.5 Å². The molecule has 0 spiro atoms. The number of carbonyl (C=O) groups is 1. The Labute approximate surface area is 182 Å². The number of para-hydroxylation sites is 1. The fraction of sp³-hybridized carbons (Fsp3) is 0.0909. The minimum Gasteiger partial charge on any atom is -0.332 e.